The van der Waals surface area contributed by atoms with Crippen molar-refractivity contribution in [1.29, 1.82) is 0 Å². The molecule has 0 radical (unpaired) electrons. The smallest absolute Gasteiger partial charge is 0.332 e. The van der Waals surface area contributed by atoms with Gasteiger partial charge in [0.25, 0.3) is 0 Å². The minimum absolute atomic E-state index is 0.330. The molecular formula is C10H16O3. The Morgan fingerprint density at radius 2 is 2.46 bits per heavy atom. The van der Waals surface area contributed by atoms with Gasteiger partial charge >= 0.3 is 5.97 Å². The summed E-state index contributed by atoms with van der Waals surface area (Å²) in [7, 11) is 0. The van der Waals surface area contributed by atoms with Gasteiger partial charge in [-0.2, -0.15) is 0 Å². The molecule has 74 valence electrons. The van der Waals surface area contributed by atoms with E-state index in [9.17, 15) is 4.79 Å². The summed E-state index contributed by atoms with van der Waals surface area (Å²) in [5.74, 6) is -0.685. The summed E-state index contributed by atoms with van der Waals surface area (Å²) in [6.07, 6.45) is 4.03. The van der Waals surface area contributed by atoms with Gasteiger partial charge < -0.3 is 9.47 Å². The molecule has 1 aliphatic heterocycles. The van der Waals surface area contributed by atoms with Crippen LogP contribution in [0.1, 0.15) is 27.2 Å². The zero-order chi connectivity index (χ0) is 9.90. The van der Waals surface area contributed by atoms with E-state index in [1.54, 1.807) is 13.0 Å². The Kier molecular flexibility index (Phi) is 3.09. The summed E-state index contributed by atoms with van der Waals surface area (Å²) >= 11 is 0. The monoisotopic (exact) mass is 184 g/mol. The van der Waals surface area contributed by atoms with Gasteiger partial charge in [0.15, 0.2) is 0 Å². The van der Waals surface area contributed by atoms with Crippen LogP contribution in [0.4, 0.5) is 0 Å². The molecular weight excluding hydrogens is 168 g/mol. The minimum atomic E-state index is -0.689. The lowest BCUT2D eigenvalue weighted by atomic mass is 9.92. The summed E-state index contributed by atoms with van der Waals surface area (Å²) in [5, 5.41) is 0. The SMILES string of the molecule is CC=CC(=O)OC1(C)OCC1CC. The summed E-state index contributed by atoms with van der Waals surface area (Å²) < 4.78 is 10.4. The second-order valence-electron chi connectivity index (χ2n) is 3.35. The lowest BCUT2D eigenvalue weighted by molar-refractivity contribution is -0.319. The molecule has 0 aromatic heterocycles. The number of allylic oxidation sites excluding steroid dienone is 1. The van der Waals surface area contributed by atoms with Crippen molar-refractivity contribution in [2.45, 2.75) is 33.0 Å². The first-order valence-corrected chi connectivity index (χ1v) is 4.62. The largest absolute Gasteiger partial charge is 0.430 e. The number of hydrogen-bond donors (Lipinski definition) is 0. The molecule has 1 aliphatic rings. The van der Waals surface area contributed by atoms with Crippen molar-refractivity contribution >= 4 is 5.97 Å². The van der Waals surface area contributed by atoms with Gasteiger partial charge in [0.05, 0.1) is 6.61 Å². The molecule has 3 heteroatoms. The van der Waals surface area contributed by atoms with Crippen molar-refractivity contribution in [3.8, 4) is 0 Å². The number of carbonyl (C=O) groups is 1. The van der Waals surface area contributed by atoms with Gasteiger partial charge in [0.2, 0.25) is 5.79 Å². The topological polar surface area (TPSA) is 35.5 Å². The third-order valence-electron chi connectivity index (χ3n) is 2.41. The first-order chi connectivity index (χ1) is 6.12. The number of carbonyl (C=O) groups excluding carboxylic acids is 1. The second kappa shape index (κ2) is 3.92. The van der Waals surface area contributed by atoms with E-state index in [0.717, 1.165) is 6.42 Å². The molecule has 0 aromatic rings. The lowest BCUT2D eigenvalue weighted by Crippen LogP contribution is -2.53. The van der Waals surface area contributed by atoms with Gasteiger partial charge in [0, 0.05) is 18.9 Å². The third kappa shape index (κ3) is 2.10. The quantitative estimate of drug-likeness (QED) is 0.496. The summed E-state index contributed by atoms with van der Waals surface area (Å²) in [4.78, 5) is 11.1. The van der Waals surface area contributed by atoms with Gasteiger partial charge in [-0.25, -0.2) is 4.79 Å². The highest BCUT2D eigenvalue weighted by atomic mass is 16.7. The maximum Gasteiger partial charge on any atom is 0.332 e. The molecule has 0 amide bonds. The van der Waals surface area contributed by atoms with Crippen molar-refractivity contribution < 1.29 is 14.3 Å². The van der Waals surface area contributed by atoms with E-state index in [1.807, 2.05) is 6.92 Å². The lowest BCUT2D eigenvalue weighted by Gasteiger charge is -2.44. The Hall–Kier alpha value is -0.830. The number of ether oxygens (including phenoxy) is 2. The van der Waals surface area contributed by atoms with E-state index in [2.05, 4.69) is 6.92 Å². The van der Waals surface area contributed by atoms with E-state index in [1.165, 1.54) is 6.08 Å². The predicted molar refractivity (Wildman–Crippen MR) is 49.0 cm³/mol. The molecule has 1 fully saturated rings. The summed E-state index contributed by atoms with van der Waals surface area (Å²) in [5.41, 5.74) is 0. The van der Waals surface area contributed by atoms with Crippen LogP contribution in [0.15, 0.2) is 12.2 Å². The van der Waals surface area contributed by atoms with Crippen LogP contribution in [0, 0.1) is 5.92 Å². The van der Waals surface area contributed by atoms with Crippen LogP contribution in [0.5, 0.6) is 0 Å². The number of rotatable bonds is 3. The number of hydrogen-bond acceptors (Lipinski definition) is 3. The van der Waals surface area contributed by atoms with Crippen LogP contribution in [0.25, 0.3) is 0 Å². The Labute approximate surface area is 78.7 Å². The van der Waals surface area contributed by atoms with Gasteiger partial charge in [-0.15, -0.1) is 0 Å². The molecule has 0 bridgehead atoms. The van der Waals surface area contributed by atoms with Crippen LogP contribution in [-0.2, 0) is 14.3 Å². The van der Waals surface area contributed by atoms with Gasteiger partial charge in [0.1, 0.15) is 0 Å². The van der Waals surface area contributed by atoms with E-state index in [4.69, 9.17) is 9.47 Å². The highest BCUT2D eigenvalue weighted by molar-refractivity contribution is 5.82. The molecule has 0 N–H and O–H groups in total. The highest BCUT2D eigenvalue weighted by Gasteiger charge is 2.46. The Bertz CT molecular complexity index is 220. The first-order valence-electron chi connectivity index (χ1n) is 4.62. The van der Waals surface area contributed by atoms with E-state index >= 15 is 0 Å². The molecule has 1 heterocycles. The van der Waals surface area contributed by atoms with Gasteiger partial charge in [-0.1, -0.05) is 13.0 Å². The van der Waals surface area contributed by atoms with E-state index in [-0.39, 0.29) is 5.97 Å². The van der Waals surface area contributed by atoms with Crippen LogP contribution in [0.3, 0.4) is 0 Å². The molecule has 3 nitrogen and oxygen atoms in total. The number of esters is 1. The van der Waals surface area contributed by atoms with Crippen molar-refractivity contribution in [2.75, 3.05) is 6.61 Å². The standard InChI is InChI=1S/C10H16O3/c1-4-6-9(11)13-10(3)8(5-2)7-12-10/h4,6,8H,5,7H2,1-3H3. The van der Waals surface area contributed by atoms with Crippen LogP contribution in [0.2, 0.25) is 0 Å². The fraction of sp³-hybridized carbons (Fsp3) is 0.700. The maximum absolute atomic E-state index is 11.1. The van der Waals surface area contributed by atoms with Crippen molar-refractivity contribution in [3.63, 3.8) is 0 Å². The molecule has 2 atom stereocenters. The Balaban J connectivity index is 2.48. The van der Waals surface area contributed by atoms with Crippen molar-refractivity contribution in [1.82, 2.24) is 0 Å². The summed E-state index contributed by atoms with van der Waals surface area (Å²) in [6, 6.07) is 0. The van der Waals surface area contributed by atoms with Crippen LogP contribution in [-0.4, -0.2) is 18.4 Å². The van der Waals surface area contributed by atoms with Crippen molar-refractivity contribution in [3.05, 3.63) is 12.2 Å². The average Bonchev–Trinajstić information content (AvgIpc) is 2.03. The highest BCUT2D eigenvalue weighted by Crippen LogP contribution is 2.36. The molecule has 1 saturated heterocycles. The molecule has 13 heavy (non-hydrogen) atoms. The average molecular weight is 184 g/mol. The fourth-order valence-corrected chi connectivity index (χ4v) is 1.41. The first kappa shape index (κ1) is 10.3. The van der Waals surface area contributed by atoms with Crippen molar-refractivity contribution in [2.24, 2.45) is 5.92 Å². The van der Waals surface area contributed by atoms with Crippen LogP contribution < -0.4 is 0 Å². The molecule has 0 aliphatic carbocycles. The minimum Gasteiger partial charge on any atom is -0.430 e. The third-order valence-corrected chi connectivity index (χ3v) is 2.41. The molecule has 2 unspecified atom stereocenters. The molecule has 0 spiro atoms. The molecule has 0 saturated carbocycles. The predicted octanol–water partition coefficient (Wildman–Crippen LogP) is 1.88. The zero-order valence-electron chi connectivity index (χ0n) is 8.37. The normalized spacial score (nSPS) is 33.0. The molecule has 1 rings (SSSR count). The zero-order valence-corrected chi connectivity index (χ0v) is 8.37. The Morgan fingerprint density at radius 3 is 2.85 bits per heavy atom. The van der Waals surface area contributed by atoms with E-state index in [0.29, 0.717) is 12.5 Å². The fourth-order valence-electron chi connectivity index (χ4n) is 1.41. The van der Waals surface area contributed by atoms with Crippen LogP contribution >= 0.6 is 0 Å². The molecule has 0 aromatic carbocycles. The second-order valence-corrected chi connectivity index (χ2v) is 3.35. The summed E-state index contributed by atoms with van der Waals surface area (Å²) in [6.45, 7) is 6.35. The maximum atomic E-state index is 11.1. The Morgan fingerprint density at radius 1 is 1.77 bits per heavy atom. The van der Waals surface area contributed by atoms with Gasteiger partial charge in [-0.3, -0.25) is 0 Å². The van der Waals surface area contributed by atoms with E-state index < -0.39 is 5.79 Å². The van der Waals surface area contributed by atoms with Gasteiger partial charge in [-0.05, 0) is 13.3 Å².